The van der Waals surface area contributed by atoms with Crippen LogP contribution < -0.4 is 5.46 Å². The first-order valence-corrected chi connectivity index (χ1v) is 6.54. The van der Waals surface area contributed by atoms with Crippen LogP contribution in [0.4, 0.5) is 0 Å². The summed E-state index contributed by atoms with van der Waals surface area (Å²) in [5.74, 6) is 0.861. The Hall–Kier alpha value is -2.14. The lowest BCUT2D eigenvalue weighted by Gasteiger charge is -2.04. The van der Waals surface area contributed by atoms with E-state index in [2.05, 4.69) is 10.2 Å². The zero-order valence-electron chi connectivity index (χ0n) is 11.1. The Morgan fingerprint density at radius 3 is 2.75 bits per heavy atom. The van der Waals surface area contributed by atoms with Crippen molar-refractivity contribution in [3.05, 3.63) is 60.0 Å². The predicted octanol–water partition coefficient (Wildman–Crippen LogP) is 1.28. The van der Waals surface area contributed by atoms with Crippen molar-refractivity contribution in [2.24, 2.45) is 0 Å². The molecule has 0 aliphatic carbocycles. The molecule has 0 bridgehead atoms. The lowest BCUT2D eigenvalue weighted by Crippen LogP contribution is -2.08. The maximum Gasteiger partial charge on any atom is 0.160 e. The maximum atomic E-state index is 5.78. The highest BCUT2D eigenvalue weighted by Gasteiger charge is 2.04. The summed E-state index contributed by atoms with van der Waals surface area (Å²) in [6.07, 6.45) is 2.54. The number of rotatable bonds is 5. The van der Waals surface area contributed by atoms with Crippen molar-refractivity contribution < 1.29 is 4.74 Å². The fourth-order valence-electron chi connectivity index (χ4n) is 2.05. The van der Waals surface area contributed by atoms with Crippen LogP contribution in [0.2, 0.25) is 0 Å². The van der Waals surface area contributed by atoms with E-state index < -0.39 is 0 Å². The molecule has 1 aromatic carbocycles. The van der Waals surface area contributed by atoms with Gasteiger partial charge in [-0.15, -0.1) is 10.2 Å². The maximum absolute atomic E-state index is 5.78. The molecule has 0 unspecified atom stereocenters. The van der Waals surface area contributed by atoms with E-state index in [0.717, 1.165) is 11.5 Å². The van der Waals surface area contributed by atoms with E-state index >= 15 is 0 Å². The molecule has 0 fully saturated rings. The first kappa shape index (κ1) is 12.9. The molecular weight excluding hydrogens is 249 g/mol. The van der Waals surface area contributed by atoms with Gasteiger partial charge in [-0.2, -0.15) is 0 Å². The van der Waals surface area contributed by atoms with Gasteiger partial charge in [0.15, 0.2) is 5.65 Å². The molecule has 0 saturated heterocycles. The molecule has 0 spiro atoms. The van der Waals surface area contributed by atoms with E-state index in [0.29, 0.717) is 25.1 Å². The molecule has 20 heavy (non-hydrogen) atoms. The van der Waals surface area contributed by atoms with E-state index in [1.807, 2.05) is 53.1 Å². The third-order valence-corrected chi connectivity index (χ3v) is 3.08. The molecule has 0 N–H and O–H groups in total. The molecule has 2 radical (unpaired) electrons. The second-order valence-electron chi connectivity index (χ2n) is 4.60. The summed E-state index contributed by atoms with van der Waals surface area (Å²) < 4.78 is 7.56. The number of ether oxygens (including phenoxy) is 1. The summed E-state index contributed by atoms with van der Waals surface area (Å²) in [7, 11) is 5.78. The Kier molecular flexibility index (Phi) is 3.79. The molecule has 0 amide bonds. The van der Waals surface area contributed by atoms with Gasteiger partial charge in [-0.25, -0.2) is 0 Å². The highest BCUT2D eigenvalue weighted by molar-refractivity contribution is 6.32. The Morgan fingerprint density at radius 1 is 1.05 bits per heavy atom. The quantitative estimate of drug-likeness (QED) is 0.514. The topological polar surface area (TPSA) is 39.4 Å². The van der Waals surface area contributed by atoms with Crippen LogP contribution >= 0.6 is 0 Å². The summed E-state index contributed by atoms with van der Waals surface area (Å²) in [6, 6.07) is 13.8. The third-order valence-electron chi connectivity index (χ3n) is 3.08. The van der Waals surface area contributed by atoms with Gasteiger partial charge in [0.1, 0.15) is 13.7 Å². The second-order valence-corrected chi connectivity index (χ2v) is 4.60. The van der Waals surface area contributed by atoms with E-state index in [1.165, 1.54) is 5.56 Å². The molecular formula is C15H14BN3O. The van der Waals surface area contributed by atoms with Crippen LogP contribution in [-0.2, 0) is 17.8 Å². The number of hydrogen-bond donors (Lipinski definition) is 0. The van der Waals surface area contributed by atoms with E-state index in [1.54, 1.807) is 0 Å². The molecule has 5 heteroatoms. The zero-order valence-corrected chi connectivity index (χ0v) is 11.1. The van der Waals surface area contributed by atoms with Crippen molar-refractivity contribution in [2.75, 3.05) is 6.61 Å². The normalized spacial score (nSPS) is 11.0. The minimum absolute atomic E-state index is 0.602. The van der Waals surface area contributed by atoms with Gasteiger partial charge in [-0.05, 0) is 11.6 Å². The fraction of sp³-hybridized carbons (Fsp3) is 0.200. The summed E-state index contributed by atoms with van der Waals surface area (Å²) in [4.78, 5) is 0. The Bertz CT molecular complexity index is 697. The van der Waals surface area contributed by atoms with Gasteiger partial charge < -0.3 is 4.74 Å². The van der Waals surface area contributed by atoms with Crippen LogP contribution in [0, 0.1) is 0 Å². The highest BCUT2D eigenvalue weighted by atomic mass is 16.5. The van der Waals surface area contributed by atoms with Crippen molar-refractivity contribution in [2.45, 2.75) is 13.0 Å². The summed E-state index contributed by atoms with van der Waals surface area (Å²) in [5.41, 5.74) is 2.67. The molecule has 3 aromatic rings. The number of aromatic nitrogens is 3. The van der Waals surface area contributed by atoms with Crippen LogP contribution in [0.1, 0.15) is 11.4 Å². The molecule has 0 saturated carbocycles. The van der Waals surface area contributed by atoms with Gasteiger partial charge in [0.2, 0.25) is 0 Å². The number of hydrogen-bond acceptors (Lipinski definition) is 3. The summed E-state index contributed by atoms with van der Waals surface area (Å²) >= 11 is 0. The van der Waals surface area contributed by atoms with E-state index in [9.17, 15) is 0 Å². The van der Waals surface area contributed by atoms with Crippen LogP contribution in [0.15, 0.2) is 48.7 Å². The van der Waals surface area contributed by atoms with Crippen LogP contribution in [0.25, 0.3) is 5.65 Å². The van der Waals surface area contributed by atoms with Gasteiger partial charge in [-0.3, -0.25) is 4.40 Å². The molecule has 4 nitrogen and oxygen atoms in total. The minimum Gasteiger partial charge on any atom is -0.376 e. The third kappa shape index (κ3) is 2.88. The largest absolute Gasteiger partial charge is 0.376 e. The summed E-state index contributed by atoms with van der Waals surface area (Å²) in [6.45, 7) is 1.21. The van der Waals surface area contributed by atoms with E-state index in [4.69, 9.17) is 12.6 Å². The van der Waals surface area contributed by atoms with Crippen molar-refractivity contribution in [1.82, 2.24) is 14.6 Å². The van der Waals surface area contributed by atoms with Gasteiger partial charge in [0.25, 0.3) is 0 Å². The standard InChI is InChI=1S/C15H14BN3O/c16-13-6-7-14-17-18-15(19(14)10-13)8-9-20-11-12-4-2-1-3-5-12/h1-7,10H,8-9,11H2. The molecule has 3 rings (SSSR count). The SMILES string of the molecule is [B]c1ccc2nnc(CCOCc3ccccc3)n2c1. The lowest BCUT2D eigenvalue weighted by atomic mass is 9.99. The minimum atomic E-state index is 0.602. The average molecular weight is 263 g/mol. The summed E-state index contributed by atoms with van der Waals surface area (Å²) in [5, 5.41) is 8.26. The Morgan fingerprint density at radius 2 is 1.90 bits per heavy atom. The van der Waals surface area contributed by atoms with Gasteiger partial charge in [0.05, 0.1) is 13.2 Å². The number of benzene rings is 1. The monoisotopic (exact) mass is 263 g/mol. The number of nitrogens with zero attached hydrogens (tertiary/aromatic N) is 3. The highest BCUT2D eigenvalue weighted by Crippen LogP contribution is 2.04. The van der Waals surface area contributed by atoms with Crippen molar-refractivity contribution in [3.8, 4) is 0 Å². The van der Waals surface area contributed by atoms with Crippen molar-refractivity contribution >= 4 is 19.0 Å². The fourth-order valence-corrected chi connectivity index (χ4v) is 2.05. The second kappa shape index (κ2) is 5.88. The van der Waals surface area contributed by atoms with Crippen LogP contribution in [-0.4, -0.2) is 29.1 Å². The first-order chi connectivity index (χ1) is 9.83. The number of fused-ring (bicyclic) bond motifs is 1. The molecule has 0 atom stereocenters. The predicted molar refractivity (Wildman–Crippen MR) is 78.2 cm³/mol. The van der Waals surface area contributed by atoms with Crippen molar-refractivity contribution in [1.29, 1.82) is 0 Å². The smallest absolute Gasteiger partial charge is 0.160 e. The first-order valence-electron chi connectivity index (χ1n) is 6.54. The van der Waals surface area contributed by atoms with Crippen molar-refractivity contribution in [3.63, 3.8) is 0 Å². The molecule has 0 aliphatic heterocycles. The van der Waals surface area contributed by atoms with Gasteiger partial charge in [-0.1, -0.05) is 41.9 Å². The van der Waals surface area contributed by atoms with Gasteiger partial charge >= 0.3 is 0 Å². The van der Waals surface area contributed by atoms with Crippen LogP contribution in [0.5, 0.6) is 0 Å². The van der Waals surface area contributed by atoms with E-state index in [-0.39, 0.29) is 0 Å². The average Bonchev–Trinajstić information content (AvgIpc) is 2.87. The molecule has 0 aliphatic rings. The zero-order chi connectivity index (χ0) is 13.8. The molecule has 2 heterocycles. The Balaban J connectivity index is 1.59. The molecule has 2 aromatic heterocycles. The Labute approximate surface area is 118 Å². The van der Waals surface area contributed by atoms with Crippen LogP contribution in [0.3, 0.4) is 0 Å². The van der Waals surface area contributed by atoms with Gasteiger partial charge in [0, 0.05) is 12.6 Å². The molecule has 98 valence electrons. The lowest BCUT2D eigenvalue weighted by molar-refractivity contribution is 0.122. The number of pyridine rings is 1.